The highest BCUT2D eigenvalue weighted by Crippen LogP contribution is 2.54. The minimum absolute atomic E-state index is 0.154. The van der Waals surface area contributed by atoms with Crippen molar-refractivity contribution in [2.45, 2.75) is 71.3 Å². The van der Waals surface area contributed by atoms with Crippen molar-refractivity contribution < 1.29 is 33.6 Å². The molecule has 0 bridgehead atoms. The SMILES string of the molecule is CCCCc1ccc2c(n1)[C@@H](c1ccc(OC)cc1C[C@H](C)C(=O)O)[C@H](C(=O)OC(C)C)[C@H]2c1ccc2c(c1)OCO2. The van der Waals surface area contributed by atoms with Gasteiger partial charge in [-0.3, -0.25) is 14.6 Å². The summed E-state index contributed by atoms with van der Waals surface area (Å²) in [6, 6.07) is 15.7. The van der Waals surface area contributed by atoms with Crippen LogP contribution in [0.5, 0.6) is 17.2 Å². The molecule has 8 heteroatoms. The number of carboxylic acid groups (broad SMARTS) is 1. The smallest absolute Gasteiger partial charge is 0.311 e. The molecule has 1 aliphatic heterocycles. The van der Waals surface area contributed by atoms with Crippen LogP contribution in [0, 0.1) is 11.8 Å². The van der Waals surface area contributed by atoms with E-state index in [4.69, 9.17) is 23.9 Å². The fourth-order valence-corrected chi connectivity index (χ4v) is 6.12. The Hall–Kier alpha value is -4.07. The number of carbonyl (C=O) groups is 2. The summed E-state index contributed by atoms with van der Waals surface area (Å²) in [7, 11) is 1.59. The molecule has 1 aromatic heterocycles. The van der Waals surface area contributed by atoms with E-state index < -0.39 is 23.7 Å². The fourth-order valence-electron chi connectivity index (χ4n) is 6.12. The van der Waals surface area contributed by atoms with E-state index in [1.165, 1.54) is 0 Å². The molecule has 0 saturated carbocycles. The number of rotatable bonds is 11. The lowest BCUT2D eigenvalue weighted by Crippen LogP contribution is -2.29. The molecule has 0 amide bonds. The number of unbranched alkanes of at least 4 members (excludes halogenated alkanes) is 1. The van der Waals surface area contributed by atoms with Crippen molar-refractivity contribution in [3.05, 3.63) is 82.2 Å². The van der Waals surface area contributed by atoms with Crippen molar-refractivity contribution in [3.63, 3.8) is 0 Å². The number of nitrogens with zero attached hydrogens (tertiary/aromatic N) is 1. The van der Waals surface area contributed by atoms with Crippen LogP contribution in [0.3, 0.4) is 0 Å². The largest absolute Gasteiger partial charge is 0.497 e. The maximum absolute atomic E-state index is 14.1. The number of esters is 1. The highest BCUT2D eigenvalue weighted by Gasteiger charge is 2.49. The van der Waals surface area contributed by atoms with Gasteiger partial charge in [-0.2, -0.15) is 0 Å². The molecule has 0 unspecified atom stereocenters. The van der Waals surface area contributed by atoms with Crippen LogP contribution in [-0.2, 0) is 27.2 Å². The Kier molecular flexibility index (Phi) is 8.71. The second-order valence-corrected chi connectivity index (χ2v) is 11.5. The standard InChI is InChI=1S/C34H39NO7/c1-6-7-8-23-10-12-26-29(21-9-14-27-28(17-21)41-18-40-27)31(34(38)42-19(2)3)30(32(26)35-23)25-13-11-24(39-5)16-22(25)15-20(4)33(36)37/h9-14,16-17,19-20,29-31H,6-8,15,18H2,1-5H3,(H,36,37)/t20-,29-,30-,31+/m0/s1. The van der Waals surface area contributed by atoms with Crippen LogP contribution >= 0.6 is 0 Å². The maximum atomic E-state index is 14.1. The van der Waals surface area contributed by atoms with E-state index >= 15 is 0 Å². The van der Waals surface area contributed by atoms with Crippen molar-refractivity contribution in [2.75, 3.05) is 13.9 Å². The normalized spacial score (nSPS) is 19.4. The minimum Gasteiger partial charge on any atom is -0.497 e. The molecule has 0 spiro atoms. The van der Waals surface area contributed by atoms with E-state index in [0.29, 0.717) is 17.2 Å². The Balaban J connectivity index is 1.73. The molecule has 2 aromatic carbocycles. The highest BCUT2D eigenvalue weighted by atomic mass is 16.7. The zero-order valence-electron chi connectivity index (χ0n) is 24.9. The Bertz CT molecular complexity index is 1470. The van der Waals surface area contributed by atoms with Crippen molar-refractivity contribution in [3.8, 4) is 17.2 Å². The number of aryl methyl sites for hydroxylation is 1. The third-order valence-electron chi connectivity index (χ3n) is 8.16. The lowest BCUT2D eigenvalue weighted by molar-refractivity contribution is -0.153. The second kappa shape index (κ2) is 12.4. The first-order valence-corrected chi connectivity index (χ1v) is 14.7. The van der Waals surface area contributed by atoms with Gasteiger partial charge in [-0.05, 0) is 85.7 Å². The summed E-state index contributed by atoms with van der Waals surface area (Å²) < 4.78 is 22.7. The molecule has 0 saturated heterocycles. The average Bonchev–Trinajstić information content (AvgIpc) is 3.57. The number of fused-ring (bicyclic) bond motifs is 2. The molecule has 1 N–H and O–H groups in total. The monoisotopic (exact) mass is 573 g/mol. The predicted octanol–water partition coefficient (Wildman–Crippen LogP) is 6.27. The van der Waals surface area contributed by atoms with E-state index in [-0.39, 0.29) is 31.2 Å². The van der Waals surface area contributed by atoms with Gasteiger partial charge >= 0.3 is 11.9 Å². The number of carboxylic acids is 1. The van der Waals surface area contributed by atoms with Gasteiger partial charge in [0, 0.05) is 17.5 Å². The van der Waals surface area contributed by atoms with Crippen molar-refractivity contribution >= 4 is 11.9 Å². The molecular formula is C34H39NO7. The number of hydrogen-bond donors (Lipinski definition) is 1. The quantitative estimate of drug-likeness (QED) is 0.268. The van der Waals surface area contributed by atoms with Crippen LogP contribution in [0.15, 0.2) is 48.5 Å². The first kappa shape index (κ1) is 29.4. The highest BCUT2D eigenvalue weighted by molar-refractivity contribution is 5.80. The maximum Gasteiger partial charge on any atom is 0.311 e. The van der Waals surface area contributed by atoms with Crippen molar-refractivity contribution in [1.29, 1.82) is 0 Å². The molecule has 3 aromatic rings. The second-order valence-electron chi connectivity index (χ2n) is 11.5. The zero-order chi connectivity index (χ0) is 30.0. The van der Waals surface area contributed by atoms with Crippen LogP contribution in [0.4, 0.5) is 0 Å². The summed E-state index contributed by atoms with van der Waals surface area (Å²) in [5, 5.41) is 9.77. The van der Waals surface area contributed by atoms with Crippen LogP contribution in [-0.4, -0.2) is 42.0 Å². The van der Waals surface area contributed by atoms with E-state index in [1.54, 1.807) is 14.0 Å². The molecule has 8 nitrogen and oxygen atoms in total. The number of aliphatic carboxylic acids is 1. The van der Waals surface area contributed by atoms with Gasteiger partial charge < -0.3 is 24.1 Å². The number of carbonyl (C=O) groups excluding carboxylic acids is 1. The lowest BCUT2D eigenvalue weighted by atomic mass is 9.78. The Morgan fingerprint density at radius 1 is 1.00 bits per heavy atom. The summed E-state index contributed by atoms with van der Waals surface area (Å²) >= 11 is 0. The molecule has 4 atom stereocenters. The molecule has 2 aliphatic rings. The Morgan fingerprint density at radius 2 is 1.76 bits per heavy atom. The molecule has 42 heavy (non-hydrogen) atoms. The molecular weight excluding hydrogens is 534 g/mol. The fraction of sp³-hybridized carbons (Fsp3) is 0.441. The summed E-state index contributed by atoms with van der Waals surface area (Å²) in [4.78, 5) is 31.2. The number of ether oxygens (including phenoxy) is 4. The average molecular weight is 574 g/mol. The summed E-state index contributed by atoms with van der Waals surface area (Å²) in [6.07, 6.45) is 2.85. The number of benzene rings is 2. The van der Waals surface area contributed by atoms with Gasteiger partial charge in [0.05, 0.1) is 30.7 Å². The molecule has 0 fully saturated rings. The predicted molar refractivity (Wildman–Crippen MR) is 157 cm³/mol. The van der Waals surface area contributed by atoms with Gasteiger partial charge in [0.2, 0.25) is 6.79 Å². The van der Waals surface area contributed by atoms with Gasteiger partial charge in [0.1, 0.15) is 5.75 Å². The third-order valence-corrected chi connectivity index (χ3v) is 8.16. The molecule has 222 valence electrons. The first-order chi connectivity index (χ1) is 20.2. The Labute approximate surface area is 247 Å². The van der Waals surface area contributed by atoms with Crippen molar-refractivity contribution in [1.82, 2.24) is 4.98 Å². The zero-order valence-corrected chi connectivity index (χ0v) is 24.9. The van der Waals surface area contributed by atoms with E-state index in [9.17, 15) is 14.7 Å². The Morgan fingerprint density at radius 3 is 2.48 bits per heavy atom. The van der Waals surface area contributed by atoms with E-state index in [2.05, 4.69) is 19.1 Å². The summed E-state index contributed by atoms with van der Waals surface area (Å²) in [6.45, 7) is 7.69. The van der Waals surface area contributed by atoms with E-state index in [1.807, 2.05) is 50.2 Å². The van der Waals surface area contributed by atoms with E-state index in [0.717, 1.165) is 52.9 Å². The van der Waals surface area contributed by atoms with Gasteiger partial charge in [-0.25, -0.2) is 0 Å². The van der Waals surface area contributed by atoms with Crippen LogP contribution in [0.1, 0.15) is 86.0 Å². The van der Waals surface area contributed by atoms with Crippen LogP contribution in [0.2, 0.25) is 0 Å². The molecule has 1 aliphatic carbocycles. The van der Waals surface area contributed by atoms with Gasteiger partial charge in [0.25, 0.3) is 0 Å². The third kappa shape index (κ3) is 5.80. The summed E-state index contributed by atoms with van der Waals surface area (Å²) in [5.41, 5.74) is 5.33. The molecule has 2 heterocycles. The number of methoxy groups -OCH3 is 1. The summed E-state index contributed by atoms with van der Waals surface area (Å²) in [5.74, 6) is -1.35. The molecule has 0 radical (unpaired) electrons. The van der Waals surface area contributed by atoms with Crippen LogP contribution < -0.4 is 14.2 Å². The first-order valence-electron chi connectivity index (χ1n) is 14.7. The minimum atomic E-state index is -0.885. The lowest BCUT2D eigenvalue weighted by Gasteiger charge is -2.27. The number of aromatic nitrogens is 1. The number of pyridine rings is 1. The van der Waals surface area contributed by atoms with Gasteiger partial charge in [-0.15, -0.1) is 0 Å². The number of hydrogen-bond acceptors (Lipinski definition) is 7. The van der Waals surface area contributed by atoms with Crippen molar-refractivity contribution in [2.24, 2.45) is 11.8 Å². The van der Waals surface area contributed by atoms with Crippen LogP contribution in [0.25, 0.3) is 0 Å². The van der Waals surface area contributed by atoms with Gasteiger partial charge in [0.15, 0.2) is 11.5 Å². The van der Waals surface area contributed by atoms with Gasteiger partial charge in [-0.1, -0.05) is 38.5 Å². The molecule has 5 rings (SSSR count). The topological polar surface area (TPSA) is 104 Å².